The van der Waals surface area contributed by atoms with Crippen LogP contribution in [-0.4, -0.2) is 49.9 Å². The average Bonchev–Trinajstić information content (AvgIpc) is 2.86. The fraction of sp³-hybridized carbons (Fsp3) is 0.346. The normalized spacial score (nSPS) is 11.5. The van der Waals surface area contributed by atoms with Crippen LogP contribution in [0.15, 0.2) is 53.5 Å². The molecule has 0 radical (unpaired) electrons. The van der Waals surface area contributed by atoms with Crippen molar-refractivity contribution in [3.8, 4) is 17.2 Å². The van der Waals surface area contributed by atoms with Crippen LogP contribution in [0.2, 0.25) is 0 Å². The Balaban J connectivity index is 1.65. The first kappa shape index (κ1) is 25.6. The Bertz CT molecular complexity index is 1250. The van der Waals surface area contributed by atoms with Crippen molar-refractivity contribution in [3.63, 3.8) is 0 Å². The monoisotopic (exact) mass is 482 g/mol. The molecule has 186 valence electrons. The van der Waals surface area contributed by atoms with E-state index in [0.29, 0.717) is 41.0 Å². The molecular formula is C26H30N2O7. The third-order valence-electron chi connectivity index (χ3n) is 5.40. The van der Waals surface area contributed by atoms with Crippen LogP contribution in [0.25, 0.3) is 10.8 Å². The van der Waals surface area contributed by atoms with Gasteiger partial charge in [0.1, 0.15) is 12.3 Å². The highest BCUT2D eigenvalue weighted by atomic mass is 16.6. The highest BCUT2D eigenvalue weighted by Crippen LogP contribution is 2.27. The molecule has 1 N–H and O–H groups in total. The molecule has 9 heteroatoms. The third kappa shape index (κ3) is 6.32. The number of ether oxygens (including phenoxy) is 4. The predicted octanol–water partition coefficient (Wildman–Crippen LogP) is 2.71. The molecule has 1 aromatic heterocycles. The molecule has 0 bridgehead atoms. The number of pyridine rings is 1. The zero-order chi connectivity index (χ0) is 25.4. The summed E-state index contributed by atoms with van der Waals surface area (Å²) in [4.78, 5) is 37.3. The van der Waals surface area contributed by atoms with Crippen molar-refractivity contribution < 1.29 is 28.5 Å². The van der Waals surface area contributed by atoms with Crippen LogP contribution < -0.4 is 25.1 Å². The summed E-state index contributed by atoms with van der Waals surface area (Å²) in [5.41, 5.74) is 0.655. The van der Waals surface area contributed by atoms with E-state index in [2.05, 4.69) is 5.32 Å². The molecule has 3 aromatic rings. The van der Waals surface area contributed by atoms with Gasteiger partial charge < -0.3 is 28.8 Å². The maximum absolute atomic E-state index is 13.0. The number of nitrogens with zero attached hydrogens (tertiary/aromatic N) is 1. The van der Waals surface area contributed by atoms with Gasteiger partial charge in [0.2, 0.25) is 5.91 Å². The number of carbonyl (C=O) groups excluding carboxylic acids is 2. The summed E-state index contributed by atoms with van der Waals surface area (Å²) in [5, 5.41) is 3.78. The number of hydrogen-bond donors (Lipinski definition) is 1. The molecule has 0 saturated heterocycles. The molecule has 0 aliphatic heterocycles. The van der Waals surface area contributed by atoms with E-state index in [1.165, 1.54) is 4.57 Å². The van der Waals surface area contributed by atoms with Crippen molar-refractivity contribution in [3.05, 3.63) is 64.6 Å². The number of methoxy groups -OCH3 is 2. The summed E-state index contributed by atoms with van der Waals surface area (Å²) in [6.07, 6.45) is 1.32. The number of carbonyl (C=O) groups is 2. The Labute approximate surface area is 203 Å². The van der Waals surface area contributed by atoms with Crippen LogP contribution in [0, 0.1) is 0 Å². The van der Waals surface area contributed by atoms with E-state index < -0.39 is 12.1 Å². The fourth-order valence-electron chi connectivity index (χ4n) is 3.61. The first-order chi connectivity index (χ1) is 16.9. The average molecular weight is 483 g/mol. The lowest BCUT2D eigenvalue weighted by Crippen LogP contribution is -2.33. The van der Waals surface area contributed by atoms with Crippen molar-refractivity contribution in [2.24, 2.45) is 0 Å². The van der Waals surface area contributed by atoms with E-state index in [9.17, 15) is 14.4 Å². The third-order valence-corrected chi connectivity index (χ3v) is 5.40. The zero-order valence-electron chi connectivity index (χ0n) is 20.3. The molecular weight excluding hydrogens is 452 g/mol. The van der Waals surface area contributed by atoms with Crippen molar-refractivity contribution in [2.75, 3.05) is 27.4 Å². The fourth-order valence-corrected chi connectivity index (χ4v) is 3.61. The Kier molecular flexibility index (Phi) is 8.72. The van der Waals surface area contributed by atoms with Gasteiger partial charge in [-0.1, -0.05) is 12.1 Å². The Morgan fingerprint density at radius 1 is 1.00 bits per heavy atom. The van der Waals surface area contributed by atoms with E-state index in [1.807, 2.05) is 18.2 Å². The summed E-state index contributed by atoms with van der Waals surface area (Å²) in [6, 6.07) is 12.3. The highest BCUT2D eigenvalue weighted by molar-refractivity contribution is 5.88. The highest BCUT2D eigenvalue weighted by Gasteiger charge is 2.18. The lowest BCUT2D eigenvalue weighted by molar-refractivity contribution is -0.150. The zero-order valence-corrected chi connectivity index (χ0v) is 20.3. The summed E-state index contributed by atoms with van der Waals surface area (Å²) in [5.74, 6) is 0.892. The molecule has 1 heterocycles. The molecule has 9 nitrogen and oxygen atoms in total. The van der Waals surface area contributed by atoms with Crippen molar-refractivity contribution in [1.82, 2.24) is 9.88 Å². The minimum Gasteiger partial charge on any atom is -0.493 e. The second-order valence-corrected chi connectivity index (χ2v) is 7.77. The summed E-state index contributed by atoms with van der Waals surface area (Å²) in [7, 11) is 3.14. The number of rotatable bonds is 11. The predicted molar refractivity (Wildman–Crippen MR) is 131 cm³/mol. The molecule has 0 fully saturated rings. The maximum Gasteiger partial charge on any atom is 0.347 e. The largest absolute Gasteiger partial charge is 0.493 e. The standard InChI is InChI=1S/C26H30N2O7/c1-5-34-26(31)17(2)35-21-8-6-7-20-19(21)12-14-28(25(20)30)16-24(29)27-13-11-18-9-10-22(32-3)23(15-18)33-4/h6-10,12,14-15,17H,5,11,13,16H2,1-4H3,(H,27,29)/t17-/m1/s1. The molecule has 2 aromatic carbocycles. The van der Waals surface area contributed by atoms with Gasteiger partial charge in [-0.15, -0.1) is 0 Å². The molecule has 3 rings (SSSR count). The number of fused-ring (bicyclic) bond motifs is 1. The summed E-state index contributed by atoms with van der Waals surface area (Å²) in [6.45, 7) is 3.84. The van der Waals surface area contributed by atoms with Gasteiger partial charge in [0.25, 0.3) is 5.56 Å². The Morgan fingerprint density at radius 3 is 2.49 bits per heavy atom. The molecule has 0 saturated carbocycles. The van der Waals surface area contributed by atoms with Gasteiger partial charge in [0, 0.05) is 18.1 Å². The van der Waals surface area contributed by atoms with Gasteiger partial charge in [-0.05, 0) is 56.2 Å². The molecule has 0 aliphatic carbocycles. The number of esters is 1. The maximum atomic E-state index is 13.0. The Hall–Kier alpha value is -4.01. The van der Waals surface area contributed by atoms with Crippen LogP contribution in [0.3, 0.4) is 0 Å². The topological polar surface area (TPSA) is 105 Å². The summed E-state index contributed by atoms with van der Waals surface area (Å²) >= 11 is 0. The lowest BCUT2D eigenvalue weighted by atomic mass is 10.1. The number of hydrogen-bond acceptors (Lipinski definition) is 7. The number of nitrogens with one attached hydrogen (secondary N) is 1. The van der Waals surface area contributed by atoms with Crippen LogP contribution in [0.1, 0.15) is 19.4 Å². The van der Waals surface area contributed by atoms with Crippen molar-refractivity contribution in [2.45, 2.75) is 32.9 Å². The van der Waals surface area contributed by atoms with E-state index >= 15 is 0 Å². The Morgan fingerprint density at radius 2 is 1.77 bits per heavy atom. The van der Waals surface area contributed by atoms with Crippen molar-refractivity contribution >= 4 is 22.6 Å². The SMILES string of the molecule is CCOC(=O)[C@@H](C)Oc1cccc2c(=O)n(CC(=O)NCCc3ccc(OC)c(OC)c3)ccc12. The van der Waals surface area contributed by atoms with Gasteiger partial charge in [0.15, 0.2) is 17.6 Å². The smallest absolute Gasteiger partial charge is 0.347 e. The van der Waals surface area contributed by atoms with Crippen LogP contribution >= 0.6 is 0 Å². The van der Waals surface area contributed by atoms with E-state index in [4.69, 9.17) is 18.9 Å². The minimum absolute atomic E-state index is 0.120. The summed E-state index contributed by atoms with van der Waals surface area (Å²) < 4.78 is 22.6. The lowest BCUT2D eigenvalue weighted by Gasteiger charge is -2.15. The van der Waals surface area contributed by atoms with E-state index in [0.717, 1.165) is 5.56 Å². The van der Waals surface area contributed by atoms with Crippen LogP contribution in [0.4, 0.5) is 0 Å². The molecule has 0 spiro atoms. The number of benzene rings is 2. The minimum atomic E-state index is -0.820. The quantitative estimate of drug-likeness (QED) is 0.419. The van der Waals surface area contributed by atoms with Crippen LogP contribution in [0.5, 0.6) is 17.2 Å². The van der Waals surface area contributed by atoms with Gasteiger partial charge in [-0.2, -0.15) is 0 Å². The van der Waals surface area contributed by atoms with Gasteiger partial charge >= 0.3 is 5.97 Å². The van der Waals surface area contributed by atoms with E-state index in [1.54, 1.807) is 58.5 Å². The van der Waals surface area contributed by atoms with Gasteiger partial charge in [-0.3, -0.25) is 9.59 Å². The molecule has 0 unspecified atom stereocenters. The van der Waals surface area contributed by atoms with Crippen LogP contribution in [-0.2, 0) is 27.3 Å². The molecule has 0 aliphatic rings. The second-order valence-electron chi connectivity index (χ2n) is 7.77. The number of aromatic nitrogens is 1. The molecule has 1 atom stereocenters. The van der Waals surface area contributed by atoms with Gasteiger partial charge in [-0.25, -0.2) is 4.79 Å². The van der Waals surface area contributed by atoms with Gasteiger partial charge in [0.05, 0.1) is 26.2 Å². The first-order valence-corrected chi connectivity index (χ1v) is 11.3. The second kappa shape index (κ2) is 11.9. The number of amides is 1. The molecule has 1 amide bonds. The van der Waals surface area contributed by atoms with E-state index in [-0.39, 0.29) is 24.6 Å². The van der Waals surface area contributed by atoms with Crippen molar-refractivity contribution in [1.29, 1.82) is 0 Å². The first-order valence-electron chi connectivity index (χ1n) is 11.3. The molecule has 35 heavy (non-hydrogen) atoms.